The fourth-order valence-corrected chi connectivity index (χ4v) is 1.80. The number of hydrogen-bond donors (Lipinski definition) is 2. The maximum Gasteiger partial charge on any atom is 0.257 e. The first-order valence-electron chi connectivity index (χ1n) is 6.12. The van der Waals surface area contributed by atoms with Crippen LogP contribution in [0.15, 0.2) is 36.5 Å². The van der Waals surface area contributed by atoms with Crippen LogP contribution in [0, 0.1) is 13.8 Å². The van der Waals surface area contributed by atoms with E-state index in [9.17, 15) is 4.79 Å². The predicted octanol–water partition coefficient (Wildman–Crippen LogP) is 2.99. The van der Waals surface area contributed by atoms with E-state index in [1.54, 1.807) is 13.2 Å². The topological polar surface area (TPSA) is 54.0 Å². The molecule has 2 aromatic rings. The Hall–Kier alpha value is -2.36. The lowest BCUT2D eigenvalue weighted by Gasteiger charge is -2.10. The third-order valence-corrected chi connectivity index (χ3v) is 2.86. The highest BCUT2D eigenvalue weighted by molar-refractivity contribution is 6.08. The summed E-state index contributed by atoms with van der Waals surface area (Å²) in [6, 6.07) is 9.44. The Morgan fingerprint density at radius 2 is 1.95 bits per heavy atom. The second kappa shape index (κ2) is 5.52. The summed E-state index contributed by atoms with van der Waals surface area (Å²) < 4.78 is 0. The van der Waals surface area contributed by atoms with Gasteiger partial charge in [0.15, 0.2) is 0 Å². The third-order valence-electron chi connectivity index (χ3n) is 2.86. The molecule has 0 saturated heterocycles. The van der Waals surface area contributed by atoms with E-state index in [2.05, 4.69) is 15.6 Å². The molecule has 1 heterocycles. The summed E-state index contributed by atoms with van der Waals surface area (Å²) in [6.07, 6.45) is 1.65. The van der Waals surface area contributed by atoms with Crippen LogP contribution in [0.25, 0.3) is 0 Å². The molecule has 0 aliphatic rings. The number of benzene rings is 1. The molecular weight excluding hydrogens is 238 g/mol. The van der Waals surface area contributed by atoms with E-state index in [1.165, 1.54) is 0 Å². The molecule has 0 fully saturated rings. The van der Waals surface area contributed by atoms with Crippen molar-refractivity contribution in [2.75, 3.05) is 17.7 Å². The normalized spacial score (nSPS) is 10.1. The molecule has 2 rings (SSSR count). The molecule has 1 aromatic carbocycles. The van der Waals surface area contributed by atoms with E-state index in [-0.39, 0.29) is 5.91 Å². The predicted molar refractivity (Wildman–Crippen MR) is 77.7 cm³/mol. The van der Waals surface area contributed by atoms with Crippen LogP contribution in [0.2, 0.25) is 0 Å². The highest BCUT2D eigenvalue weighted by Crippen LogP contribution is 2.18. The van der Waals surface area contributed by atoms with E-state index < -0.39 is 0 Å². The number of carbonyl (C=O) groups is 1. The highest BCUT2D eigenvalue weighted by atomic mass is 16.1. The van der Waals surface area contributed by atoms with Gasteiger partial charge in [-0.2, -0.15) is 0 Å². The Morgan fingerprint density at radius 3 is 2.58 bits per heavy atom. The van der Waals surface area contributed by atoms with Crippen LogP contribution in [-0.4, -0.2) is 17.9 Å². The molecule has 0 bridgehead atoms. The molecule has 2 N–H and O–H groups in total. The fourth-order valence-electron chi connectivity index (χ4n) is 1.80. The molecule has 0 aliphatic heterocycles. The Kier molecular flexibility index (Phi) is 3.80. The fraction of sp³-hybridized carbons (Fsp3) is 0.200. The third kappa shape index (κ3) is 3.10. The maximum absolute atomic E-state index is 12.3. The molecule has 0 unspecified atom stereocenters. The van der Waals surface area contributed by atoms with Crippen LogP contribution in [0.5, 0.6) is 0 Å². The number of pyridine rings is 1. The maximum atomic E-state index is 12.3. The van der Waals surface area contributed by atoms with Crippen LogP contribution in [0.1, 0.15) is 21.6 Å². The van der Waals surface area contributed by atoms with Crippen LogP contribution in [0.4, 0.5) is 11.4 Å². The van der Waals surface area contributed by atoms with Gasteiger partial charge in [0.1, 0.15) is 0 Å². The quantitative estimate of drug-likeness (QED) is 0.886. The van der Waals surface area contributed by atoms with Crippen molar-refractivity contribution in [2.24, 2.45) is 0 Å². The number of anilines is 2. The van der Waals surface area contributed by atoms with Gasteiger partial charge in [-0.3, -0.25) is 9.78 Å². The number of nitrogens with zero attached hydrogens (tertiary/aromatic N) is 1. The molecule has 1 amide bonds. The molecule has 0 saturated carbocycles. The van der Waals surface area contributed by atoms with Gasteiger partial charge in [0.05, 0.1) is 17.4 Å². The van der Waals surface area contributed by atoms with E-state index in [0.29, 0.717) is 11.3 Å². The lowest BCUT2D eigenvalue weighted by atomic mass is 10.1. The van der Waals surface area contributed by atoms with Gasteiger partial charge < -0.3 is 10.6 Å². The van der Waals surface area contributed by atoms with Crippen LogP contribution >= 0.6 is 0 Å². The number of amides is 1. The van der Waals surface area contributed by atoms with Crippen molar-refractivity contribution in [1.82, 2.24) is 4.98 Å². The van der Waals surface area contributed by atoms with Gasteiger partial charge >= 0.3 is 0 Å². The van der Waals surface area contributed by atoms with Gasteiger partial charge in [-0.1, -0.05) is 11.6 Å². The van der Waals surface area contributed by atoms with Crippen molar-refractivity contribution in [1.29, 1.82) is 0 Å². The minimum Gasteiger partial charge on any atom is -0.387 e. The molecule has 0 aliphatic carbocycles. The number of aromatic nitrogens is 1. The van der Waals surface area contributed by atoms with E-state index in [0.717, 1.165) is 16.9 Å². The Balaban J connectivity index is 2.24. The van der Waals surface area contributed by atoms with Gasteiger partial charge in [0.2, 0.25) is 0 Å². The van der Waals surface area contributed by atoms with Gasteiger partial charge in [-0.25, -0.2) is 0 Å². The van der Waals surface area contributed by atoms with E-state index >= 15 is 0 Å². The Morgan fingerprint density at radius 1 is 1.16 bits per heavy atom. The van der Waals surface area contributed by atoms with Gasteiger partial charge in [0, 0.05) is 18.4 Å². The summed E-state index contributed by atoms with van der Waals surface area (Å²) in [6.45, 7) is 3.87. The standard InChI is InChI=1S/C15H17N3O/c1-10-4-7-14(16-3)13(8-10)15(19)18-12-6-5-11(2)17-9-12/h4-9,16H,1-3H3,(H,18,19). The Labute approximate surface area is 112 Å². The first kappa shape index (κ1) is 13.1. The molecule has 1 aromatic heterocycles. The molecule has 0 radical (unpaired) electrons. The zero-order chi connectivity index (χ0) is 13.8. The number of aryl methyl sites for hydroxylation is 2. The van der Waals surface area contributed by atoms with Crippen molar-refractivity contribution in [3.05, 3.63) is 53.3 Å². The number of nitrogens with one attached hydrogen (secondary N) is 2. The average molecular weight is 255 g/mol. The van der Waals surface area contributed by atoms with Crippen molar-refractivity contribution in [3.63, 3.8) is 0 Å². The highest BCUT2D eigenvalue weighted by Gasteiger charge is 2.11. The lowest BCUT2D eigenvalue weighted by molar-refractivity contribution is 0.102. The van der Waals surface area contributed by atoms with Crippen molar-refractivity contribution in [2.45, 2.75) is 13.8 Å². The van der Waals surface area contributed by atoms with Crippen molar-refractivity contribution < 1.29 is 4.79 Å². The molecule has 98 valence electrons. The molecule has 4 nitrogen and oxygen atoms in total. The Bertz CT molecular complexity index is 591. The second-order valence-corrected chi connectivity index (χ2v) is 4.44. The van der Waals surface area contributed by atoms with Crippen LogP contribution in [0.3, 0.4) is 0 Å². The minimum atomic E-state index is -0.140. The summed E-state index contributed by atoms with van der Waals surface area (Å²) in [5.41, 5.74) is 4.10. The largest absolute Gasteiger partial charge is 0.387 e. The summed E-state index contributed by atoms with van der Waals surface area (Å²) >= 11 is 0. The number of rotatable bonds is 3. The molecule has 0 atom stereocenters. The van der Waals surface area contributed by atoms with Crippen molar-refractivity contribution in [3.8, 4) is 0 Å². The molecular formula is C15H17N3O. The van der Waals surface area contributed by atoms with E-state index in [4.69, 9.17) is 0 Å². The summed E-state index contributed by atoms with van der Waals surface area (Å²) in [7, 11) is 1.80. The smallest absolute Gasteiger partial charge is 0.257 e. The van der Waals surface area contributed by atoms with Crippen LogP contribution < -0.4 is 10.6 Å². The average Bonchev–Trinajstić information content (AvgIpc) is 2.41. The summed E-state index contributed by atoms with van der Waals surface area (Å²) in [5, 5.41) is 5.87. The molecule has 4 heteroatoms. The first-order valence-corrected chi connectivity index (χ1v) is 6.12. The van der Waals surface area contributed by atoms with E-state index in [1.807, 2.05) is 44.2 Å². The lowest BCUT2D eigenvalue weighted by Crippen LogP contribution is -2.14. The second-order valence-electron chi connectivity index (χ2n) is 4.44. The van der Waals surface area contributed by atoms with Gasteiger partial charge in [-0.15, -0.1) is 0 Å². The minimum absolute atomic E-state index is 0.140. The van der Waals surface area contributed by atoms with Gasteiger partial charge in [-0.05, 0) is 38.1 Å². The molecule has 19 heavy (non-hydrogen) atoms. The summed E-state index contributed by atoms with van der Waals surface area (Å²) in [4.78, 5) is 16.4. The number of hydrogen-bond acceptors (Lipinski definition) is 3. The molecule has 0 spiro atoms. The summed E-state index contributed by atoms with van der Waals surface area (Å²) in [5.74, 6) is -0.140. The first-order chi connectivity index (χ1) is 9.10. The monoisotopic (exact) mass is 255 g/mol. The number of carbonyl (C=O) groups excluding carboxylic acids is 1. The zero-order valence-electron chi connectivity index (χ0n) is 11.3. The van der Waals surface area contributed by atoms with Crippen molar-refractivity contribution >= 4 is 17.3 Å². The van der Waals surface area contributed by atoms with Gasteiger partial charge in [0.25, 0.3) is 5.91 Å². The zero-order valence-corrected chi connectivity index (χ0v) is 11.3. The van der Waals surface area contributed by atoms with Crippen LogP contribution in [-0.2, 0) is 0 Å². The SMILES string of the molecule is CNc1ccc(C)cc1C(=O)Nc1ccc(C)nc1.